The van der Waals surface area contributed by atoms with Crippen LogP contribution >= 0.6 is 0 Å². The Morgan fingerprint density at radius 3 is 2.59 bits per heavy atom. The third-order valence-corrected chi connectivity index (χ3v) is 5.21. The van der Waals surface area contributed by atoms with Crippen LogP contribution in [0, 0.1) is 0 Å². The molecule has 0 saturated carbocycles. The summed E-state index contributed by atoms with van der Waals surface area (Å²) in [5.41, 5.74) is 1.74. The predicted molar refractivity (Wildman–Crippen MR) is 109 cm³/mol. The molecule has 0 bridgehead atoms. The Balaban J connectivity index is 1.60. The van der Waals surface area contributed by atoms with Crippen molar-refractivity contribution in [3.63, 3.8) is 0 Å². The van der Waals surface area contributed by atoms with Gasteiger partial charge in [0.25, 0.3) is 11.8 Å². The van der Waals surface area contributed by atoms with E-state index in [1.54, 1.807) is 5.48 Å². The molecule has 0 aromatic heterocycles. The molecule has 32 heavy (non-hydrogen) atoms. The first-order valence-electron chi connectivity index (χ1n) is 10.2. The molecular formula is C20H23N5O7. The van der Waals surface area contributed by atoms with Gasteiger partial charge >= 0.3 is 6.03 Å². The summed E-state index contributed by atoms with van der Waals surface area (Å²) < 4.78 is 0. The van der Waals surface area contributed by atoms with Gasteiger partial charge in [0.1, 0.15) is 6.04 Å². The van der Waals surface area contributed by atoms with Crippen molar-refractivity contribution in [2.45, 2.75) is 44.6 Å². The van der Waals surface area contributed by atoms with Crippen LogP contribution in [0.5, 0.6) is 0 Å². The zero-order chi connectivity index (χ0) is 23.3. The van der Waals surface area contributed by atoms with Crippen LogP contribution in [0.2, 0.25) is 0 Å². The zero-order valence-electron chi connectivity index (χ0n) is 17.1. The van der Waals surface area contributed by atoms with Gasteiger partial charge in [-0.2, -0.15) is 0 Å². The number of hydroxylamine groups is 1. The minimum Gasteiger partial charge on any atom is -0.338 e. The summed E-state index contributed by atoms with van der Waals surface area (Å²) in [6.07, 6.45) is 2.04. The highest BCUT2D eigenvalue weighted by Gasteiger charge is 2.45. The van der Waals surface area contributed by atoms with E-state index >= 15 is 0 Å². The lowest BCUT2D eigenvalue weighted by molar-refractivity contribution is -0.136. The molecule has 12 nitrogen and oxygen atoms in total. The zero-order valence-corrected chi connectivity index (χ0v) is 17.1. The Bertz CT molecular complexity index is 977. The molecule has 12 heteroatoms. The van der Waals surface area contributed by atoms with Gasteiger partial charge in [-0.05, 0) is 31.4 Å². The number of amides is 7. The van der Waals surface area contributed by atoms with Crippen LogP contribution in [-0.2, 0) is 14.4 Å². The van der Waals surface area contributed by atoms with E-state index in [2.05, 4.69) is 16.0 Å². The number of carbonyl (C=O) groups is 6. The predicted octanol–water partition coefficient (Wildman–Crippen LogP) is 0.275. The molecule has 0 spiro atoms. The maximum Gasteiger partial charge on any atom is 0.319 e. The number of hydrogen-bond donors (Lipinski definition) is 5. The lowest BCUT2D eigenvalue weighted by Gasteiger charge is -2.27. The molecule has 170 valence electrons. The van der Waals surface area contributed by atoms with Gasteiger partial charge in [-0.1, -0.05) is 12.5 Å². The first-order valence-corrected chi connectivity index (χ1v) is 10.2. The summed E-state index contributed by atoms with van der Waals surface area (Å²) in [7, 11) is 0. The fourth-order valence-corrected chi connectivity index (χ4v) is 3.63. The number of rotatable bonds is 8. The summed E-state index contributed by atoms with van der Waals surface area (Å²) in [5.74, 6) is -3.01. The number of fused-ring (bicyclic) bond motifs is 1. The minimum absolute atomic E-state index is 0.00707. The Hall–Kier alpha value is -3.80. The summed E-state index contributed by atoms with van der Waals surface area (Å²) in [6, 6.07) is 2.76. The number of carbonyl (C=O) groups excluding carboxylic acids is 6. The molecule has 5 N–H and O–H groups in total. The summed E-state index contributed by atoms with van der Waals surface area (Å²) in [4.78, 5) is 73.3. The van der Waals surface area contributed by atoms with Crippen molar-refractivity contribution in [2.24, 2.45) is 0 Å². The molecule has 1 aromatic rings. The standard InChI is InChI=1S/C20H23N5O7/c26-14-9-8-13(17(28)23-14)25-18(29)11-5-4-6-12(16(11)19(25)30)22-20(31)21-10-3-1-2-7-15(27)24-32/h4-6,13,32H,1-3,7-10H2,(H,24,27)(H2,21,22,31)(H,23,26,28). The Kier molecular flexibility index (Phi) is 7.15. The number of piperidine rings is 1. The average Bonchev–Trinajstić information content (AvgIpc) is 3.01. The number of urea groups is 1. The quantitative estimate of drug-likeness (QED) is 0.165. The number of benzene rings is 1. The molecule has 1 aromatic carbocycles. The van der Waals surface area contributed by atoms with Crippen LogP contribution in [0.25, 0.3) is 0 Å². The topological polar surface area (TPSA) is 174 Å². The smallest absolute Gasteiger partial charge is 0.319 e. The van der Waals surface area contributed by atoms with Gasteiger partial charge in [-0.3, -0.25) is 39.4 Å². The summed E-state index contributed by atoms with van der Waals surface area (Å²) >= 11 is 0. The van der Waals surface area contributed by atoms with Gasteiger partial charge in [-0.15, -0.1) is 0 Å². The Morgan fingerprint density at radius 1 is 1.09 bits per heavy atom. The first kappa shape index (κ1) is 22.9. The van der Waals surface area contributed by atoms with Crippen molar-refractivity contribution in [3.8, 4) is 0 Å². The number of hydrogen-bond acceptors (Lipinski definition) is 7. The van der Waals surface area contributed by atoms with Crippen molar-refractivity contribution >= 4 is 41.3 Å². The molecule has 1 unspecified atom stereocenters. The average molecular weight is 445 g/mol. The van der Waals surface area contributed by atoms with Gasteiger partial charge in [0.15, 0.2) is 0 Å². The lowest BCUT2D eigenvalue weighted by Crippen LogP contribution is -2.54. The highest BCUT2D eigenvalue weighted by Crippen LogP contribution is 2.32. The molecule has 2 heterocycles. The van der Waals surface area contributed by atoms with Gasteiger partial charge in [0.2, 0.25) is 17.7 Å². The second kappa shape index (κ2) is 10.0. The van der Waals surface area contributed by atoms with Gasteiger partial charge < -0.3 is 10.6 Å². The Labute approximate surface area is 182 Å². The van der Waals surface area contributed by atoms with Crippen molar-refractivity contribution in [2.75, 3.05) is 11.9 Å². The van der Waals surface area contributed by atoms with Crippen LogP contribution in [-0.4, -0.2) is 58.3 Å². The van der Waals surface area contributed by atoms with Crippen molar-refractivity contribution < 1.29 is 34.0 Å². The first-order chi connectivity index (χ1) is 15.3. The SMILES string of the molecule is O=C(CCCCCNC(=O)Nc1cccc2c1C(=O)N(C1CCC(=O)NC1=O)C2=O)NO. The maximum absolute atomic E-state index is 13.0. The fraction of sp³-hybridized carbons (Fsp3) is 0.400. The van der Waals surface area contributed by atoms with E-state index < -0.39 is 41.6 Å². The van der Waals surface area contributed by atoms with Crippen molar-refractivity contribution in [1.29, 1.82) is 0 Å². The van der Waals surface area contributed by atoms with E-state index in [0.717, 1.165) is 4.90 Å². The summed E-state index contributed by atoms with van der Waals surface area (Å²) in [5, 5.41) is 15.7. The van der Waals surface area contributed by atoms with Crippen molar-refractivity contribution in [3.05, 3.63) is 29.3 Å². The molecule has 3 rings (SSSR count). The molecule has 0 aliphatic carbocycles. The molecule has 7 amide bonds. The van der Waals surface area contributed by atoms with Crippen LogP contribution < -0.4 is 21.4 Å². The minimum atomic E-state index is -1.09. The number of unbranched alkanes of at least 4 members (excludes halogenated alkanes) is 2. The van der Waals surface area contributed by atoms with Crippen LogP contribution in [0.15, 0.2) is 18.2 Å². The van der Waals surface area contributed by atoms with Crippen LogP contribution in [0.3, 0.4) is 0 Å². The van der Waals surface area contributed by atoms with E-state index in [4.69, 9.17) is 5.21 Å². The highest BCUT2D eigenvalue weighted by atomic mass is 16.5. The molecule has 1 saturated heterocycles. The molecular weight excluding hydrogens is 422 g/mol. The van der Waals surface area contributed by atoms with E-state index in [9.17, 15) is 28.8 Å². The maximum atomic E-state index is 13.0. The van der Waals surface area contributed by atoms with Gasteiger partial charge in [0, 0.05) is 19.4 Å². The van der Waals surface area contributed by atoms with E-state index in [1.165, 1.54) is 18.2 Å². The lowest BCUT2D eigenvalue weighted by atomic mass is 10.0. The molecule has 1 atom stereocenters. The van der Waals surface area contributed by atoms with Crippen LogP contribution in [0.1, 0.15) is 59.2 Å². The largest absolute Gasteiger partial charge is 0.338 e. The molecule has 2 aliphatic rings. The number of anilines is 1. The monoisotopic (exact) mass is 445 g/mol. The van der Waals surface area contributed by atoms with E-state index in [0.29, 0.717) is 25.8 Å². The van der Waals surface area contributed by atoms with E-state index in [1.807, 2.05) is 0 Å². The molecule has 1 fully saturated rings. The molecule has 0 radical (unpaired) electrons. The number of nitrogens with one attached hydrogen (secondary N) is 4. The second-order valence-electron chi connectivity index (χ2n) is 7.40. The van der Waals surface area contributed by atoms with E-state index in [-0.39, 0.29) is 36.1 Å². The second-order valence-corrected chi connectivity index (χ2v) is 7.40. The third-order valence-electron chi connectivity index (χ3n) is 5.21. The van der Waals surface area contributed by atoms with Gasteiger partial charge in [0.05, 0.1) is 16.8 Å². The third kappa shape index (κ3) is 4.91. The Morgan fingerprint density at radius 2 is 1.88 bits per heavy atom. The van der Waals surface area contributed by atoms with Crippen LogP contribution in [0.4, 0.5) is 10.5 Å². The highest BCUT2D eigenvalue weighted by molar-refractivity contribution is 6.26. The number of nitrogens with zero attached hydrogens (tertiary/aromatic N) is 1. The number of imide groups is 2. The fourth-order valence-electron chi connectivity index (χ4n) is 3.63. The normalized spacial score (nSPS) is 17.7. The molecule has 2 aliphatic heterocycles. The summed E-state index contributed by atoms with van der Waals surface area (Å²) in [6.45, 7) is 0.316. The van der Waals surface area contributed by atoms with Gasteiger partial charge in [-0.25, -0.2) is 10.3 Å². The van der Waals surface area contributed by atoms with Crippen molar-refractivity contribution in [1.82, 2.24) is 21.0 Å².